The number of ether oxygens (including phenoxy) is 2. The van der Waals surface area contributed by atoms with Crippen LogP contribution in [0.1, 0.15) is 36.7 Å². The van der Waals surface area contributed by atoms with Gasteiger partial charge in [-0.2, -0.15) is 15.2 Å². The summed E-state index contributed by atoms with van der Waals surface area (Å²) in [4.78, 5) is 17.7. The molecule has 0 spiro atoms. The van der Waals surface area contributed by atoms with Gasteiger partial charge in [0, 0.05) is 40.7 Å². The van der Waals surface area contributed by atoms with Gasteiger partial charge in [0.15, 0.2) is 0 Å². The molecule has 1 amide bonds. The number of carbonyl (C=O) groups is 1. The minimum atomic E-state index is -3.82. The Labute approximate surface area is 204 Å². The van der Waals surface area contributed by atoms with Gasteiger partial charge in [0.2, 0.25) is 0 Å². The second-order valence-electron chi connectivity index (χ2n) is 7.75. The second-order valence-corrected chi connectivity index (χ2v) is 8.19. The molecule has 1 atom stereocenters. The molecule has 0 radical (unpaired) electrons. The Kier molecular flexibility index (Phi) is 6.83. The minimum absolute atomic E-state index is 0.0751. The summed E-state index contributed by atoms with van der Waals surface area (Å²) in [5.41, 5.74) is -0.546. The lowest BCUT2D eigenvalue weighted by Gasteiger charge is -2.16. The van der Waals surface area contributed by atoms with Crippen LogP contribution in [0.2, 0.25) is 0 Å². The molecular formula is C24H22ClF2N5O3. The summed E-state index contributed by atoms with van der Waals surface area (Å²) in [6.07, 6.45) is 2.40. The van der Waals surface area contributed by atoms with Crippen molar-refractivity contribution < 1.29 is 23.0 Å². The van der Waals surface area contributed by atoms with Gasteiger partial charge in [-0.05, 0) is 61.9 Å². The first-order valence-electron chi connectivity index (χ1n) is 10.8. The van der Waals surface area contributed by atoms with Crippen molar-refractivity contribution in [2.24, 2.45) is 0 Å². The molecule has 2 aromatic heterocycles. The number of rotatable bonds is 8. The van der Waals surface area contributed by atoms with Crippen molar-refractivity contribution in [2.45, 2.75) is 31.9 Å². The molecule has 2 aromatic carbocycles. The summed E-state index contributed by atoms with van der Waals surface area (Å²) in [5, 5.41) is 11.0. The highest BCUT2D eigenvalue weighted by Crippen LogP contribution is 2.35. The average Bonchev–Trinajstić information content (AvgIpc) is 3.22. The van der Waals surface area contributed by atoms with Gasteiger partial charge in [0.05, 0.1) is 23.8 Å². The average molecular weight is 502 g/mol. The van der Waals surface area contributed by atoms with E-state index in [-0.39, 0.29) is 11.8 Å². The third kappa shape index (κ3) is 5.32. The van der Waals surface area contributed by atoms with Crippen LogP contribution in [0, 0.1) is 0 Å². The molecule has 11 heteroatoms. The summed E-state index contributed by atoms with van der Waals surface area (Å²) in [6.45, 7) is 4.11. The summed E-state index contributed by atoms with van der Waals surface area (Å²) in [6, 6.07) is 12.8. The van der Waals surface area contributed by atoms with Gasteiger partial charge in [-0.15, -0.1) is 8.78 Å². The standard InChI is InChI=1S/C24H22ClF2N5O3/c1-4-14(2)32-21-18(19-6-5-11-28-31-19)12-15(13-20(21)30-23(32)34-3)22(33)29-16-7-9-17(10-8-16)35-24(25,26)27/h5-14H,4H2,1-3H3,(H,29,33)/t14-/m1/s1. The Morgan fingerprint density at radius 1 is 1.23 bits per heavy atom. The van der Waals surface area contributed by atoms with Crippen LogP contribution in [-0.4, -0.2) is 38.3 Å². The summed E-state index contributed by atoms with van der Waals surface area (Å²) in [5.74, 6) is -0.567. The van der Waals surface area contributed by atoms with E-state index in [9.17, 15) is 13.6 Å². The topological polar surface area (TPSA) is 91.2 Å². The van der Waals surface area contributed by atoms with Gasteiger partial charge in [-0.3, -0.25) is 9.36 Å². The molecule has 0 aliphatic carbocycles. The second kappa shape index (κ2) is 9.83. The fraction of sp³-hybridized carbons (Fsp3) is 0.250. The highest BCUT2D eigenvalue weighted by molar-refractivity contribution is 6.20. The quantitative estimate of drug-likeness (QED) is 0.302. The van der Waals surface area contributed by atoms with Gasteiger partial charge < -0.3 is 14.8 Å². The zero-order chi connectivity index (χ0) is 25.2. The molecule has 4 rings (SSSR count). The normalized spacial score (nSPS) is 12.4. The Morgan fingerprint density at radius 3 is 2.57 bits per heavy atom. The lowest BCUT2D eigenvalue weighted by atomic mass is 10.0. The molecule has 0 unspecified atom stereocenters. The number of fused-ring (bicyclic) bond motifs is 1. The van der Waals surface area contributed by atoms with E-state index in [2.05, 4.69) is 39.1 Å². The number of imidazole rings is 1. The molecule has 0 fully saturated rings. The SMILES string of the molecule is CC[C@@H](C)n1c(OC)nc2cc(C(=O)Nc3ccc(OC(F)(F)Cl)cc3)cc(-c3cccnn3)c21. The van der Waals surface area contributed by atoms with Crippen LogP contribution in [0.3, 0.4) is 0 Å². The van der Waals surface area contributed by atoms with Gasteiger partial charge in [0.1, 0.15) is 5.75 Å². The maximum atomic E-state index is 13.1. The van der Waals surface area contributed by atoms with E-state index >= 15 is 0 Å². The Hall–Kier alpha value is -3.79. The molecule has 0 saturated carbocycles. The number of methoxy groups -OCH3 is 1. The highest BCUT2D eigenvalue weighted by Gasteiger charge is 2.27. The monoisotopic (exact) mass is 501 g/mol. The third-order valence-corrected chi connectivity index (χ3v) is 5.50. The molecule has 8 nitrogen and oxygen atoms in total. The van der Waals surface area contributed by atoms with Crippen molar-refractivity contribution in [2.75, 3.05) is 12.4 Å². The third-order valence-electron chi connectivity index (χ3n) is 5.42. The number of halogens is 3. The molecular weight excluding hydrogens is 480 g/mol. The fourth-order valence-electron chi connectivity index (χ4n) is 3.66. The van der Waals surface area contributed by atoms with Crippen LogP contribution in [0.25, 0.3) is 22.3 Å². The van der Waals surface area contributed by atoms with E-state index in [0.717, 1.165) is 11.9 Å². The number of nitrogens with one attached hydrogen (secondary N) is 1. The zero-order valence-corrected chi connectivity index (χ0v) is 19.9. The van der Waals surface area contributed by atoms with Gasteiger partial charge in [-0.1, -0.05) is 6.92 Å². The molecule has 2 heterocycles. The number of hydrogen-bond donors (Lipinski definition) is 1. The lowest BCUT2D eigenvalue weighted by molar-refractivity contribution is -0.0964. The first kappa shape index (κ1) is 24.3. The number of benzene rings is 2. The van der Waals surface area contributed by atoms with Crippen LogP contribution in [0.4, 0.5) is 14.5 Å². The van der Waals surface area contributed by atoms with Crippen LogP contribution in [0.5, 0.6) is 11.8 Å². The van der Waals surface area contributed by atoms with Crippen molar-refractivity contribution >= 4 is 34.2 Å². The summed E-state index contributed by atoms with van der Waals surface area (Å²) >= 11 is 4.79. The van der Waals surface area contributed by atoms with E-state index in [1.165, 1.54) is 24.3 Å². The fourth-order valence-corrected chi connectivity index (χ4v) is 3.75. The molecule has 35 heavy (non-hydrogen) atoms. The van der Waals surface area contributed by atoms with E-state index in [1.54, 1.807) is 37.6 Å². The molecule has 1 N–H and O–H groups in total. The summed E-state index contributed by atoms with van der Waals surface area (Å²) in [7, 11) is 1.54. The molecule has 182 valence electrons. The number of alkyl halides is 3. The molecule has 0 bridgehead atoms. The maximum Gasteiger partial charge on any atom is 0.487 e. The van der Waals surface area contributed by atoms with Crippen molar-refractivity contribution in [3.8, 4) is 23.0 Å². The highest BCUT2D eigenvalue weighted by atomic mass is 35.5. The molecule has 0 saturated heterocycles. The molecule has 4 aromatic rings. The van der Waals surface area contributed by atoms with E-state index in [4.69, 9.17) is 16.3 Å². The zero-order valence-electron chi connectivity index (χ0n) is 19.1. The number of anilines is 1. The molecule has 0 aliphatic heterocycles. The van der Waals surface area contributed by atoms with Crippen LogP contribution in [-0.2, 0) is 0 Å². The number of amides is 1. The smallest absolute Gasteiger partial charge is 0.468 e. The number of aromatic nitrogens is 4. The van der Waals surface area contributed by atoms with E-state index in [1.807, 2.05) is 4.57 Å². The van der Waals surface area contributed by atoms with Crippen molar-refractivity contribution in [1.29, 1.82) is 0 Å². The predicted octanol–water partition coefficient (Wildman–Crippen LogP) is 5.89. The van der Waals surface area contributed by atoms with E-state index < -0.39 is 11.5 Å². The van der Waals surface area contributed by atoms with Crippen molar-refractivity contribution in [3.05, 3.63) is 60.3 Å². The van der Waals surface area contributed by atoms with Gasteiger partial charge in [-0.25, -0.2) is 0 Å². The Balaban J connectivity index is 1.75. The predicted molar refractivity (Wildman–Crippen MR) is 128 cm³/mol. The van der Waals surface area contributed by atoms with E-state index in [0.29, 0.717) is 34.0 Å². The van der Waals surface area contributed by atoms with Gasteiger partial charge in [0.25, 0.3) is 11.9 Å². The van der Waals surface area contributed by atoms with Gasteiger partial charge >= 0.3 is 5.57 Å². The minimum Gasteiger partial charge on any atom is -0.468 e. The Bertz CT molecular complexity index is 1340. The van der Waals surface area contributed by atoms with Crippen LogP contribution in [0.15, 0.2) is 54.7 Å². The largest absolute Gasteiger partial charge is 0.487 e. The number of carbonyl (C=O) groups excluding carboxylic acids is 1. The van der Waals surface area contributed by atoms with Crippen molar-refractivity contribution in [3.63, 3.8) is 0 Å². The first-order valence-corrected chi connectivity index (χ1v) is 11.1. The van der Waals surface area contributed by atoms with Crippen LogP contribution >= 0.6 is 11.6 Å². The van der Waals surface area contributed by atoms with Crippen LogP contribution < -0.4 is 14.8 Å². The maximum absolute atomic E-state index is 13.1. The Morgan fingerprint density at radius 2 is 1.97 bits per heavy atom. The number of hydrogen-bond acceptors (Lipinski definition) is 6. The first-order chi connectivity index (χ1) is 16.7. The molecule has 0 aliphatic rings. The van der Waals surface area contributed by atoms with Crippen molar-refractivity contribution in [1.82, 2.24) is 19.7 Å². The number of nitrogens with zero attached hydrogens (tertiary/aromatic N) is 4. The summed E-state index contributed by atoms with van der Waals surface area (Å²) < 4.78 is 37.4. The lowest BCUT2D eigenvalue weighted by Crippen LogP contribution is -2.16.